The fourth-order valence-corrected chi connectivity index (χ4v) is 2.10. The van der Waals surface area contributed by atoms with Gasteiger partial charge in [0.2, 0.25) is 0 Å². The normalized spacial score (nSPS) is 12.5. The van der Waals surface area contributed by atoms with Crippen LogP contribution in [0.15, 0.2) is 18.2 Å². The Hall–Kier alpha value is -1.22. The van der Waals surface area contributed by atoms with Crippen molar-refractivity contribution >= 4 is 23.2 Å². The first-order valence-electron chi connectivity index (χ1n) is 6.76. The van der Waals surface area contributed by atoms with Crippen LogP contribution in [0, 0.1) is 5.92 Å². The standard InChI is InChI=1S/C15H23ClN2O/c1-10(2)5-4-6-11(3)18-15(19)13-9-12(16)7-8-14(13)17/h7-11H,4-6,17H2,1-3H3,(H,18,19). The Labute approximate surface area is 120 Å². The number of halogens is 1. The quantitative estimate of drug-likeness (QED) is 0.778. The molecule has 0 aromatic heterocycles. The molecule has 0 saturated carbocycles. The van der Waals surface area contributed by atoms with Crippen LogP contribution in [0.3, 0.4) is 0 Å². The molecule has 0 bridgehead atoms. The van der Waals surface area contributed by atoms with E-state index in [0.29, 0.717) is 22.2 Å². The Morgan fingerprint density at radius 3 is 2.63 bits per heavy atom. The van der Waals surface area contributed by atoms with Crippen LogP contribution < -0.4 is 11.1 Å². The summed E-state index contributed by atoms with van der Waals surface area (Å²) in [5.41, 5.74) is 6.69. The lowest BCUT2D eigenvalue weighted by molar-refractivity contribution is 0.0938. The van der Waals surface area contributed by atoms with Crippen molar-refractivity contribution in [3.8, 4) is 0 Å². The van der Waals surface area contributed by atoms with E-state index in [9.17, 15) is 4.79 Å². The number of benzene rings is 1. The number of carbonyl (C=O) groups is 1. The summed E-state index contributed by atoms with van der Waals surface area (Å²) >= 11 is 5.88. The summed E-state index contributed by atoms with van der Waals surface area (Å²) in [5, 5.41) is 3.48. The van der Waals surface area contributed by atoms with E-state index in [1.165, 1.54) is 6.42 Å². The van der Waals surface area contributed by atoms with Crippen molar-refractivity contribution in [2.75, 3.05) is 5.73 Å². The van der Waals surface area contributed by atoms with Gasteiger partial charge in [-0.3, -0.25) is 4.79 Å². The lowest BCUT2D eigenvalue weighted by atomic mass is 10.0. The number of hydrogen-bond acceptors (Lipinski definition) is 2. The molecule has 1 aromatic rings. The molecule has 3 N–H and O–H groups in total. The smallest absolute Gasteiger partial charge is 0.253 e. The largest absolute Gasteiger partial charge is 0.398 e. The SMILES string of the molecule is CC(C)CCCC(C)NC(=O)c1cc(Cl)ccc1N. The molecule has 0 heterocycles. The van der Waals surface area contributed by atoms with Crippen LogP contribution in [0.1, 0.15) is 50.4 Å². The first-order valence-corrected chi connectivity index (χ1v) is 7.14. The Bertz CT molecular complexity index is 432. The van der Waals surface area contributed by atoms with Crippen LogP contribution >= 0.6 is 11.6 Å². The zero-order valence-electron chi connectivity index (χ0n) is 11.9. The lowest BCUT2D eigenvalue weighted by Crippen LogP contribution is -2.33. The number of rotatable bonds is 6. The molecule has 3 nitrogen and oxygen atoms in total. The van der Waals surface area contributed by atoms with Gasteiger partial charge in [-0.2, -0.15) is 0 Å². The van der Waals surface area contributed by atoms with Crippen molar-refractivity contribution in [2.45, 2.75) is 46.1 Å². The van der Waals surface area contributed by atoms with Gasteiger partial charge in [-0.1, -0.05) is 38.3 Å². The van der Waals surface area contributed by atoms with E-state index in [-0.39, 0.29) is 11.9 Å². The predicted octanol–water partition coefficient (Wildman–Crippen LogP) is 3.87. The van der Waals surface area contributed by atoms with Gasteiger partial charge in [0.15, 0.2) is 0 Å². The maximum atomic E-state index is 12.1. The van der Waals surface area contributed by atoms with Gasteiger partial charge in [-0.15, -0.1) is 0 Å². The summed E-state index contributed by atoms with van der Waals surface area (Å²) in [6.45, 7) is 6.42. The zero-order chi connectivity index (χ0) is 14.4. The van der Waals surface area contributed by atoms with Crippen LogP contribution in [0.2, 0.25) is 5.02 Å². The molecule has 0 aliphatic rings. The minimum atomic E-state index is -0.156. The Morgan fingerprint density at radius 2 is 2.00 bits per heavy atom. The summed E-state index contributed by atoms with van der Waals surface area (Å²) in [6.07, 6.45) is 3.27. The highest BCUT2D eigenvalue weighted by molar-refractivity contribution is 6.31. The van der Waals surface area contributed by atoms with Crippen molar-refractivity contribution < 1.29 is 4.79 Å². The maximum Gasteiger partial charge on any atom is 0.253 e. The number of nitrogens with two attached hydrogens (primary N) is 1. The number of hydrogen-bond donors (Lipinski definition) is 2. The van der Waals surface area contributed by atoms with Gasteiger partial charge in [0.25, 0.3) is 5.91 Å². The molecule has 1 rings (SSSR count). The summed E-state index contributed by atoms with van der Waals surface area (Å²) in [5.74, 6) is 0.545. The van der Waals surface area contributed by atoms with Gasteiger partial charge in [-0.05, 0) is 37.5 Å². The van der Waals surface area contributed by atoms with E-state index in [2.05, 4.69) is 19.2 Å². The second-order valence-electron chi connectivity index (χ2n) is 5.43. The lowest BCUT2D eigenvalue weighted by Gasteiger charge is -2.15. The van der Waals surface area contributed by atoms with E-state index >= 15 is 0 Å². The average Bonchev–Trinajstić information content (AvgIpc) is 2.31. The van der Waals surface area contributed by atoms with Gasteiger partial charge in [0.1, 0.15) is 0 Å². The first-order chi connectivity index (χ1) is 8.90. The molecule has 1 amide bonds. The van der Waals surface area contributed by atoms with Crippen LogP contribution in [0.4, 0.5) is 5.69 Å². The van der Waals surface area contributed by atoms with Gasteiger partial charge in [0.05, 0.1) is 5.56 Å². The fourth-order valence-electron chi connectivity index (χ4n) is 1.93. The Morgan fingerprint density at radius 1 is 1.32 bits per heavy atom. The minimum Gasteiger partial charge on any atom is -0.398 e. The summed E-state index contributed by atoms with van der Waals surface area (Å²) in [6, 6.07) is 5.08. The molecule has 0 saturated heterocycles. The predicted molar refractivity (Wildman–Crippen MR) is 81.5 cm³/mol. The number of amides is 1. The minimum absolute atomic E-state index is 0.143. The van der Waals surface area contributed by atoms with Crippen LogP contribution in [-0.2, 0) is 0 Å². The summed E-state index contributed by atoms with van der Waals surface area (Å²) < 4.78 is 0. The van der Waals surface area contributed by atoms with Crippen molar-refractivity contribution in [1.82, 2.24) is 5.32 Å². The third-order valence-corrected chi connectivity index (χ3v) is 3.29. The molecule has 0 fully saturated rings. The highest BCUT2D eigenvalue weighted by atomic mass is 35.5. The maximum absolute atomic E-state index is 12.1. The molecule has 1 aromatic carbocycles. The zero-order valence-corrected chi connectivity index (χ0v) is 12.6. The first kappa shape index (κ1) is 15.8. The number of carbonyl (C=O) groups excluding carboxylic acids is 1. The van der Waals surface area contributed by atoms with E-state index in [4.69, 9.17) is 17.3 Å². The Kier molecular flexibility index (Phi) is 6.16. The highest BCUT2D eigenvalue weighted by Gasteiger charge is 2.13. The molecule has 0 aliphatic heterocycles. The molecular weight excluding hydrogens is 260 g/mol. The van der Waals surface area contributed by atoms with Crippen molar-refractivity contribution in [2.24, 2.45) is 5.92 Å². The monoisotopic (exact) mass is 282 g/mol. The van der Waals surface area contributed by atoms with Crippen molar-refractivity contribution in [1.29, 1.82) is 0 Å². The molecule has 0 radical (unpaired) electrons. The summed E-state index contributed by atoms with van der Waals surface area (Å²) in [4.78, 5) is 12.1. The fraction of sp³-hybridized carbons (Fsp3) is 0.533. The third-order valence-electron chi connectivity index (χ3n) is 3.06. The molecule has 19 heavy (non-hydrogen) atoms. The topological polar surface area (TPSA) is 55.1 Å². The Balaban J connectivity index is 2.52. The molecular formula is C15H23ClN2O. The number of nitrogens with one attached hydrogen (secondary N) is 1. The van der Waals surface area contributed by atoms with Crippen molar-refractivity contribution in [3.05, 3.63) is 28.8 Å². The molecule has 0 aliphatic carbocycles. The number of nitrogen functional groups attached to an aromatic ring is 1. The molecule has 4 heteroatoms. The summed E-state index contributed by atoms with van der Waals surface area (Å²) in [7, 11) is 0. The second-order valence-corrected chi connectivity index (χ2v) is 5.87. The van der Waals surface area contributed by atoms with Gasteiger partial charge in [0, 0.05) is 16.8 Å². The van der Waals surface area contributed by atoms with Gasteiger partial charge in [-0.25, -0.2) is 0 Å². The molecule has 0 spiro atoms. The van der Waals surface area contributed by atoms with Crippen LogP contribution in [0.25, 0.3) is 0 Å². The van der Waals surface area contributed by atoms with Crippen LogP contribution in [-0.4, -0.2) is 11.9 Å². The van der Waals surface area contributed by atoms with E-state index in [0.717, 1.165) is 12.8 Å². The molecule has 1 unspecified atom stereocenters. The molecule has 106 valence electrons. The average molecular weight is 283 g/mol. The second kappa shape index (κ2) is 7.39. The van der Waals surface area contributed by atoms with Gasteiger partial charge >= 0.3 is 0 Å². The highest BCUT2D eigenvalue weighted by Crippen LogP contribution is 2.18. The van der Waals surface area contributed by atoms with Crippen LogP contribution in [0.5, 0.6) is 0 Å². The van der Waals surface area contributed by atoms with E-state index in [1.807, 2.05) is 6.92 Å². The van der Waals surface area contributed by atoms with E-state index in [1.54, 1.807) is 18.2 Å². The third kappa shape index (κ3) is 5.52. The van der Waals surface area contributed by atoms with Crippen molar-refractivity contribution in [3.63, 3.8) is 0 Å². The number of anilines is 1. The van der Waals surface area contributed by atoms with Gasteiger partial charge < -0.3 is 11.1 Å². The molecule has 1 atom stereocenters. The van der Waals surface area contributed by atoms with E-state index < -0.39 is 0 Å².